The quantitative estimate of drug-likeness (QED) is 0.583. The molecule has 0 unspecified atom stereocenters. The van der Waals surface area contributed by atoms with Crippen molar-refractivity contribution < 1.29 is 4.74 Å². The largest absolute Gasteiger partial charge is 0.497 e. The summed E-state index contributed by atoms with van der Waals surface area (Å²) in [5.74, 6) is 1.72. The van der Waals surface area contributed by atoms with Gasteiger partial charge >= 0.3 is 5.69 Å². The summed E-state index contributed by atoms with van der Waals surface area (Å²) in [6.07, 6.45) is 3.32. The molecule has 2 aromatic carbocycles. The Morgan fingerprint density at radius 3 is 2.26 bits per heavy atom. The first-order valence-corrected chi connectivity index (χ1v) is 9.54. The highest BCUT2D eigenvalue weighted by Crippen LogP contribution is 2.13. The van der Waals surface area contributed by atoms with Gasteiger partial charge in [0, 0.05) is 13.0 Å². The van der Waals surface area contributed by atoms with Gasteiger partial charge in [-0.3, -0.25) is 4.57 Å². The summed E-state index contributed by atoms with van der Waals surface area (Å²) in [7, 11) is 1.67. The molecular formula is C22H27N3O2. The van der Waals surface area contributed by atoms with Gasteiger partial charge in [0.25, 0.3) is 0 Å². The molecule has 0 saturated heterocycles. The van der Waals surface area contributed by atoms with Crippen LogP contribution in [-0.2, 0) is 32.4 Å². The lowest BCUT2D eigenvalue weighted by Gasteiger charge is -2.05. The Morgan fingerprint density at radius 2 is 1.59 bits per heavy atom. The monoisotopic (exact) mass is 365 g/mol. The summed E-state index contributed by atoms with van der Waals surface area (Å²) < 4.78 is 8.65. The van der Waals surface area contributed by atoms with Crippen LogP contribution in [-0.4, -0.2) is 21.5 Å². The van der Waals surface area contributed by atoms with Gasteiger partial charge in [-0.05, 0) is 42.5 Å². The van der Waals surface area contributed by atoms with Crippen LogP contribution in [0.4, 0.5) is 0 Å². The van der Waals surface area contributed by atoms with E-state index in [2.05, 4.69) is 36.3 Å². The van der Waals surface area contributed by atoms with E-state index in [4.69, 9.17) is 4.74 Å². The van der Waals surface area contributed by atoms with Crippen molar-refractivity contribution >= 4 is 0 Å². The normalized spacial score (nSPS) is 10.9. The predicted octanol–water partition coefficient (Wildman–Crippen LogP) is 3.49. The Kier molecular flexibility index (Phi) is 6.47. The Labute approximate surface area is 160 Å². The Morgan fingerprint density at radius 1 is 0.889 bits per heavy atom. The van der Waals surface area contributed by atoms with Gasteiger partial charge in [0.05, 0.1) is 13.7 Å². The van der Waals surface area contributed by atoms with Gasteiger partial charge in [-0.25, -0.2) is 9.48 Å². The number of hydrogen-bond donors (Lipinski definition) is 0. The van der Waals surface area contributed by atoms with Crippen molar-refractivity contribution in [3.05, 3.63) is 82.0 Å². The number of rotatable bonds is 9. The van der Waals surface area contributed by atoms with E-state index in [1.165, 1.54) is 11.1 Å². The van der Waals surface area contributed by atoms with Gasteiger partial charge in [0.15, 0.2) is 0 Å². The number of ether oxygens (including phenoxy) is 1. The second-order valence-corrected chi connectivity index (χ2v) is 6.66. The zero-order valence-electron chi connectivity index (χ0n) is 16.1. The van der Waals surface area contributed by atoms with Gasteiger partial charge < -0.3 is 4.74 Å². The highest BCUT2D eigenvalue weighted by molar-refractivity contribution is 5.27. The van der Waals surface area contributed by atoms with E-state index in [9.17, 15) is 4.79 Å². The molecule has 5 nitrogen and oxygen atoms in total. The van der Waals surface area contributed by atoms with E-state index in [0.29, 0.717) is 13.1 Å². The zero-order valence-corrected chi connectivity index (χ0v) is 16.1. The second kappa shape index (κ2) is 9.21. The number of methoxy groups -OCH3 is 1. The standard InChI is InChI=1S/C22H27N3O2/c1-3-16-24-21(14-11-19-9-12-20(27-2)13-10-19)23-25(22(24)26)17-15-18-7-5-4-6-8-18/h4-10,12-13H,3,11,14-17H2,1-2H3. The molecule has 0 N–H and O–H groups in total. The molecule has 1 aromatic heterocycles. The van der Waals surface area contributed by atoms with Crippen LogP contribution in [0, 0.1) is 0 Å². The fraction of sp³-hybridized carbons (Fsp3) is 0.364. The van der Waals surface area contributed by atoms with E-state index in [-0.39, 0.29) is 5.69 Å². The van der Waals surface area contributed by atoms with Gasteiger partial charge in [-0.1, -0.05) is 49.4 Å². The minimum Gasteiger partial charge on any atom is -0.497 e. The fourth-order valence-corrected chi connectivity index (χ4v) is 3.19. The first-order chi connectivity index (χ1) is 13.2. The van der Waals surface area contributed by atoms with Gasteiger partial charge in [0.2, 0.25) is 0 Å². The summed E-state index contributed by atoms with van der Waals surface area (Å²) in [4.78, 5) is 12.7. The van der Waals surface area contributed by atoms with Gasteiger partial charge in [0.1, 0.15) is 11.6 Å². The lowest BCUT2D eigenvalue weighted by atomic mass is 10.1. The highest BCUT2D eigenvalue weighted by atomic mass is 16.5. The van der Waals surface area contributed by atoms with E-state index in [1.807, 2.05) is 34.9 Å². The maximum absolute atomic E-state index is 12.7. The van der Waals surface area contributed by atoms with Crippen molar-refractivity contribution in [2.45, 2.75) is 45.7 Å². The molecule has 142 valence electrons. The lowest BCUT2D eigenvalue weighted by molar-refractivity contribution is 0.414. The molecule has 3 aromatic rings. The third-order valence-electron chi connectivity index (χ3n) is 4.70. The number of benzene rings is 2. The minimum absolute atomic E-state index is 0.00230. The number of hydrogen-bond acceptors (Lipinski definition) is 3. The number of nitrogens with zero attached hydrogens (tertiary/aromatic N) is 3. The van der Waals surface area contributed by atoms with Crippen LogP contribution >= 0.6 is 0 Å². The molecular weight excluding hydrogens is 338 g/mol. The first-order valence-electron chi connectivity index (χ1n) is 9.54. The molecule has 5 heteroatoms. The Balaban J connectivity index is 1.72. The van der Waals surface area contributed by atoms with E-state index in [1.54, 1.807) is 11.8 Å². The van der Waals surface area contributed by atoms with Crippen LogP contribution in [0.2, 0.25) is 0 Å². The van der Waals surface area contributed by atoms with Crippen molar-refractivity contribution in [2.75, 3.05) is 7.11 Å². The summed E-state index contributed by atoms with van der Waals surface area (Å²) in [5, 5.41) is 4.63. The van der Waals surface area contributed by atoms with Gasteiger partial charge in [-0.2, -0.15) is 5.10 Å². The molecule has 27 heavy (non-hydrogen) atoms. The third-order valence-corrected chi connectivity index (χ3v) is 4.70. The Bertz CT molecular complexity index is 896. The fourth-order valence-electron chi connectivity index (χ4n) is 3.19. The molecule has 0 atom stereocenters. The molecule has 0 saturated carbocycles. The Hall–Kier alpha value is -2.82. The average Bonchev–Trinajstić information content (AvgIpc) is 3.01. The molecule has 0 bridgehead atoms. The van der Waals surface area contributed by atoms with Crippen LogP contribution in [0.3, 0.4) is 0 Å². The van der Waals surface area contributed by atoms with Crippen molar-refractivity contribution in [3.8, 4) is 5.75 Å². The smallest absolute Gasteiger partial charge is 0.345 e. The average molecular weight is 365 g/mol. The molecule has 1 heterocycles. The summed E-state index contributed by atoms with van der Waals surface area (Å²) >= 11 is 0. The predicted molar refractivity (Wildman–Crippen MR) is 107 cm³/mol. The molecule has 3 rings (SSSR count). The van der Waals surface area contributed by atoms with Crippen molar-refractivity contribution in [1.29, 1.82) is 0 Å². The van der Waals surface area contributed by atoms with Crippen LogP contribution in [0.5, 0.6) is 5.75 Å². The minimum atomic E-state index is -0.00230. The zero-order chi connectivity index (χ0) is 19.1. The summed E-state index contributed by atoms with van der Waals surface area (Å²) in [5.41, 5.74) is 2.43. The molecule has 0 amide bonds. The first kappa shape index (κ1) is 19.0. The van der Waals surface area contributed by atoms with Crippen LogP contribution in [0.1, 0.15) is 30.3 Å². The van der Waals surface area contributed by atoms with Crippen LogP contribution < -0.4 is 10.4 Å². The third kappa shape index (κ3) is 4.88. The van der Waals surface area contributed by atoms with E-state index < -0.39 is 0 Å². The second-order valence-electron chi connectivity index (χ2n) is 6.66. The molecule has 0 fully saturated rings. The van der Waals surface area contributed by atoms with Crippen LogP contribution in [0.15, 0.2) is 59.4 Å². The summed E-state index contributed by atoms with van der Waals surface area (Å²) in [6, 6.07) is 18.3. The van der Waals surface area contributed by atoms with E-state index in [0.717, 1.165) is 37.3 Å². The summed E-state index contributed by atoms with van der Waals surface area (Å²) in [6.45, 7) is 3.40. The maximum Gasteiger partial charge on any atom is 0.345 e. The number of aromatic nitrogens is 3. The highest BCUT2D eigenvalue weighted by Gasteiger charge is 2.13. The molecule has 0 radical (unpaired) electrons. The maximum atomic E-state index is 12.7. The SMILES string of the molecule is CCCn1c(CCc2ccc(OC)cc2)nn(CCc2ccccc2)c1=O. The van der Waals surface area contributed by atoms with Crippen molar-refractivity contribution in [2.24, 2.45) is 0 Å². The van der Waals surface area contributed by atoms with E-state index >= 15 is 0 Å². The lowest BCUT2D eigenvalue weighted by Crippen LogP contribution is -2.26. The molecule has 0 aliphatic rings. The molecule has 0 spiro atoms. The molecule has 0 aliphatic carbocycles. The van der Waals surface area contributed by atoms with Crippen molar-refractivity contribution in [3.63, 3.8) is 0 Å². The topological polar surface area (TPSA) is 49.0 Å². The van der Waals surface area contributed by atoms with Crippen LogP contribution in [0.25, 0.3) is 0 Å². The van der Waals surface area contributed by atoms with Crippen molar-refractivity contribution in [1.82, 2.24) is 14.3 Å². The number of aryl methyl sites for hydroxylation is 4. The molecule has 0 aliphatic heterocycles. The van der Waals surface area contributed by atoms with Gasteiger partial charge in [-0.15, -0.1) is 0 Å².